The Morgan fingerprint density at radius 2 is 1.71 bits per heavy atom. The highest BCUT2D eigenvalue weighted by Crippen LogP contribution is 2.36. The second-order valence-corrected chi connectivity index (χ2v) is 10.1. The minimum Gasteiger partial charge on any atom is -0.452 e. The van der Waals surface area contributed by atoms with Crippen molar-refractivity contribution in [3.8, 4) is 0 Å². The van der Waals surface area contributed by atoms with Crippen LogP contribution in [0.2, 0.25) is 0 Å². The topological polar surface area (TPSA) is 84.0 Å². The van der Waals surface area contributed by atoms with Gasteiger partial charge >= 0.3 is 5.97 Å². The van der Waals surface area contributed by atoms with Crippen molar-refractivity contribution in [3.63, 3.8) is 0 Å². The summed E-state index contributed by atoms with van der Waals surface area (Å²) in [7, 11) is -2.26. The summed E-state index contributed by atoms with van der Waals surface area (Å²) < 4.78 is 33.4. The first-order valence-electron chi connectivity index (χ1n) is 10.9. The van der Waals surface area contributed by atoms with Gasteiger partial charge in [0.05, 0.1) is 16.1 Å². The molecule has 1 heterocycles. The molecule has 0 saturated carbocycles. The molecular formula is C26H26N2O5S. The van der Waals surface area contributed by atoms with Gasteiger partial charge in [-0.1, -0.05) is 54.6 Å². The van der Waals surface area contributed by atoms with Crippen LogP contribution in [0.15, 0.2) is 83.8 Å². The molecule has 4 rings (SSSR count). The molecule has 0 unspecified atom stereocenters. The molecule has 0 saturated heterocycles. The number of nitrogens with zero attached hydrogens (tertiary/aromatic N) is 2. The Hall–Kier alpha value is -3.65. The monoisotopic (exact) mass is 478 g/mol. The summed E-state index contributed by atoms with van der Waals surface area (Å²) in [6.07, 6.45) is 0.621. The van der Waals surface area contributed by atoms with Gasteiger partial charge in [-0.15, -0.1) is 0 Å². The van der Waals surface area contributed by atoms with Crippen molar-refractivity contribution in [1.82, 2.24) is 4.90 Å². The average molecular weight is 479 g/mol. The van der Waals surface area contributed by atoms with Crippen LogP contribution >= 0.6 is 0 Å². The van der Waals surface area contributed by atoms with Crippen LogP contribution in [0.1, 0.15) is 28.4 Å². The second kappa shape index (κ2) is 9.69. The smallest absolute Gasteiger partial charge is 0.338 e. The first kappa shape index (κ1) is 23.5. The maximum Gasteiger partial charge on any atom is 0.338 e. The highest BCUT2D eigenvalue weighted by Gasteiger charge is 2.36. The van der Waals surface area contributed by atoms with Gasteiger partial charge in [0.15, 0.2) is 6.61 Å². The van der Waals surface area contributed by atoms with Crippen molar-refractivity contribution >= 4 is 27.6 Å². The molecule has 34 heavy (non-hydrogen) atoms. The quantitative estimate of drug-likeness (QED) is 0.484. The Balaban J connectivity index is 1.45. The largest absolute Gasteiger partial charge is 0.452 e. The number of benzene rings is 3. The van der Waals surface area contributed by atoms with E-state index in [1.807, 2.05) is 49.4 Å². The highest BCUT2D eigenvalue weighted by atomic mass is 32.2. The summed E-state index contributed by atoms with van der Waals surface area (Å²) in [4.78, 5) is 26.4. The van der Waals surface area contributed by atoms with Gasteiger partial charge in [-0.3, -0.25) is 9.10 Å². The lowest BCUT2D eigenvalue weighted by atomic mass is 10.1. The molecule has 3 aromatic carbocycles. The molecule has 176 valence electrons. The zero-order valence-corrected chi connectivity index (χ0v) is 19.9. The van der Waals surface area contributed by atoms with E-state index in [0.717, 1.165) is 11.1 Å². The number of sulfonamides is 1. The molecule has 7 nitrogen and oxygen atoms in total. The van der Waals surface area contributed by atoms with Crippen LogP contribution in [-0.4, -0.2) is 44.9 Å². The number of esters is 1. The van der Waals surface area contributed by atoms with E-state index in [4.69, 9.17) is 4.74 Å². The Morgan fingerprint density at radius 3 is 2.47 bits per heavy atom. The number of hydrogen-bond donors (Lipinski definition) is 0. The normalized spacial score (nSPS) is 15.0. The first-order valence-corrected chi connectivity index (χ1v) is 12.4. The van der Waals surface area contributed by atoms with Gasteiger partial charge < -0.3 is 9.64 Å². The molecule has 8 heteroatoms. The molecule has 0 spiro atoms. The summed E-state index contributed by atoms with van der Waals surface area (Å²) in [5.41, 5.74) is 2.64. The lowest BCUT2D eigenvalue weighted by Crippen LogP contribution is -2.35. The third kappa shape index (κ3) is 4.82. The fourth-order valence-electron chi connectivity index (χ4n) is 4.07. The third-order valence-corrected chi connectivity index (χ3v) is 7.71. The number of likely N-dealkylation sites (N-methyl/N-ethyl adjacent to an activating group) is 1. The molecule has 0 fully saturated rings. The molecule has 0 bridgehead atoms. The molecule has 0 aliphatic carbocycles. The van der Waals surface area contributed by atoms with Gasteiger partial charge in [-0.2, -0.15) is 0 Å². The third-order valence-electron chi connectivity index (χ3n) is 5.79. The molecule has 0 N–H and O–H groups in total. The van der Waals surface area contributed by atoms with Crippen LogP contribution in [0.25, 0.3) is 0 Å². The highest BCUT2D eigenvalue weighted by molar-refractivity contribution is 7.92. The fraction of sp³-hybridized carbons (Fsp3) is 0.231. The lowest BCUT2D eigenvalue weighted by molar-refractivity contribution is -0.133. The van der Waals surface area contributed by atoms with Gasteiger partial charge in [0.2, 0.25) is 0 Å². The number of ether oxygens (including phenoxy) is 1. The Kier molecular flexibility index (Phi) is 6.70. The van der Waals surface area contributed by atoms with E-state index in [-0.39, 0.29) is 22.4 Å². The lowest BCUT2D eigenvalue weighted by Gasteiger charge is -2.24. The zero-order valence-electron chi connectivity index (χ0n) is 19.0. The summed E-state index contributed by atoms with van der Waals surface area (Å²) in [6, 6.07) is 22.3. The Labute approximate surface area is 199 Å². The second-order valence-electron chi connectivity index (χ2n) is 8.32. The van der Waals surface area contributed by atoms with Crippen LogP contribution < -0.4 is 4.31 Å². The van der Waals surface area contributed by atoms with E-state index in [0.29, 0.717) is 18.7 Å². The minimum absolute atomic E-state index is 0.00183. The van der Waals surface area contributed by atoms with Crippen molar-refractivity contribution in [3.05, 3.63) is 95.6 Å². The van der Waals surface area contributed by atoms with E-state index in [1.165, 1.54) is 33.5 Å². The van der Waals surface area contributed by atoms with E-state index in [9.17, 15) is 18.0 Å². The number of para-hydroxylation sites is 1. The predicted molar refractivity (Wildman–Crippen MR) is 129 cm³/mol. The maximum atomic E-state index is 13.4. The Morgan fingerprint density at radius 1 is 1.00 bits per heavy atom. The van der Waals surface area contributed by atoms with Crippen LogP contribution in [-0.2, 0) is 32.5 Å². The van der Waals surface area contributed by atoms with E-state index >= 15 is 0 Å². The maximum absolute atomic E-state index is 13.4. The average Bonchev–Trinajstić information content (AvgIpc) is 3.19. The number of carbonyl (C=O) groups is 2. The number of anilines is 1. The molecule has 1 atom stereocenters. The van der Waals surface area contributed by atoms with Crippen LogP contribution in [0.4, 0.5) is 5.69 Å². The fourth-order valence-corrected chi connectivity index (χ4v) is 5.81. The van der Waals surface area contributed by atoms with Crippen molar-refractivity contribution in [2.24, 2.45) is 0 Å². The van der Waals surface area contributed by atoms with Crippen LogP contribution in [0, 0.1) is 0 Å². The van der Waals surface area contributed by atoms with Crippen LogP contribution in [0.3, 0.4) is 0 Å². The molecule has 0 aromatic heterocycles. The van der Waals surface area contributed by atoms with Gasteiger partial charge in [0, 0.05) is 19.6 Å². The van der Waals surface area contributed by atoms with Gasteiger partial charge in [0.25, 0.3) is 15.9 Å². The van der Waals surface area contributed by atoms with E-state index in [1.54, 1.807) is 19.2 Å². The SMILES string of the molecule is C[C@H]1Cc2ccccc2N1S(=O)(=O)c1cccc(C(=O)OCC(=O)N(C)Cc2ccccc2)c1. The van der Waals surface area contributed by atoms with Crippen LogP contribution in [0.5, 0.6) is 0 Å². The number of hydrogen-bond acceptors (Lipinski definition) is 5. The molecule has 3 aromatic rings. The summed E-state index contributed by atoms with van der Waals surface area (Å²) in [5.74, 6) is -1.11. The van der Waals surface area contributed by atoms with Crippen molar-refractivity contribution in [2.75, 3.05) is 18.0 Å². The summed E-state index contributed by atoms with van der Waals surface area (Å²) >= 11 is 0. The van der Waals surface area contributed by atoms with Crippen molar-refractivity contribution in [2.45, 2.75) is 30.8 Å². The van der Waals surface area contributed by atoms with Gasteiger partial charge in [-0.05, 0) is 48.7 Å². The number of carbonyl (C=O) groups excluding carboxylic acids is 2. The minimum atomic E-state index is -3.89. The van der Waals surface area contributed by atoms with Gasteiger partial charge in [-0.25, -0.2) is 13.2 Å². The molecule has 1 aliphatic rings. The molecule has 1 amide bonds. The number of fused-ring (bicyclic) bond motifs is 1. The van der Waals surface area contributed by atoms with E-state index < -0.39 is 22.6 Å². The first-order chi connectivity index (χ1) is 16.3. The molecule has 1 aliphatic heterocycles. The number of rotatable bonds is 7. The van der Waals surface area contributed by atoms with E-state index in [2.05, 4.69) is 0 Å². The zero-order chi connectivity index (χ0) is 24.3. The predicted octanol–water partition coefficient (Wildman–Crippen LogP) is 3.64. The summed E-state index contributed by atoms with van der Waals surface area (Å²) in [5, 5.41) is 0. The summed E-state index contributed by atoms with van der Waals surface area (Å²) in [6.45, 7) is 1.81. The van der Waals surface area contributed by atoms with Gasteiger partial charge in [0.1, 0.15) is 0 Å². The molecular weight excluding hydrogens is 452 g/mol. The van der Waals surface area contributed by atoms with Crippen molar-refractivity contribution in [1.29, 1.82) is 0 Å². The standard InChI is InChI=1S/C26H26N2O5S/c1-19-15-21-11-6-7-14-24(21)28(19)34(31,32)23-13-8-12-22(16-23)26(30)33-18-25(29)27(2)17-20-9-4-3-5-10-20/h3-14,16,19H,15,17-18H2,1-2H3/t19-/m0/s1. The molecule has 0 radical (unpaired) electrons. The number of amides is 1. The Bertz CT molecular complexity index is 1310. The van der Waals surface area contributed by atoms with Crippen molar-refractivity contribution < 1.29 is 22.7 Å².